The zero-order chi connectivity index (χ0) is 20.0. The van der Waals surface area contributed by atoms with E-state index in [1.54, 1.807) is 0 Å². The number of aryl methyl sites for hydroxylation is 2. The van der Waals surface area contributed by atoms with E-state index in [4.69, 9.17) is 0 Å². The molecule has 0 radical (unpaired) electrons. The molecule has 0 saturated carbocycles. The second kappa shape index (κ2) is 13.8. The molecule has 1 aromatic carbocycles. The average Bonchev–Trinajstić information content (AvgIpc) is 2.98. The Balaban J connectivity index is 1.86. The first-order chi connectivity index (χ1) is 13.8. The minimum absolute atomic E-state index is 1.17. The fourth-order valence-corrected chi connectivity index (χ4v) is 4.43. The lowest BCUT2D eigenvalue weighted by atomic mass is 10.1. The minimum atomic E-state index is 1.17. The zero-order valence-corrected chi connectivity index (χ0v) is 19.0. The maximum atomic E-state index is 2.57. The molecule has 2 nitrogen and oxygen atoms in total. The topological polar surface area (TPSA) is 8.81 Å². The van der Waals surface area contributed by atoms with Gasteiger partial charge in [-0.25, -0.2) is 9.13 Å². The third-order valence-corrected chi connectivity index (χ3v) is 6.22. The standard InChI is InChI=1S/C26H45N2/c1-4-6-8-10-12-14-18-22-27-24(3)28(26-21-17-16-20-25(26)27)23-19-15-13-11-9-7-5-2/h16-17,20-21H,4-15,18-19,22-23H2,1-3H3/q+1. The average molecular weight is 386 g/mol. The van der Waals surface area contributed by atoms with Gasteiger partial charge < -0.3 is 0 Å². The van der Waals surface area contributed by atoms with Gasteiger partial charge in [0.25, 0.3) is 5.82 Å². The lowest BCUT2D eigenvalue weighted by Gasteiger charge is -2.03. The van der Waals surface area contributed by atoms with E-state index in [-0.39, 0.29) is 0 Å². The largest absolute Gasteiger partial charge is 0.254 e. The molecule has 0 saturated heterocycles. The van der Waals surface area contributed by atoms with Crippen molar-refractivity contribution in [2.45, 2.75) is 124 Å². The fraction of sp³-hybridized carbons (Fsp3) is 0.731. The Bertz CT molecular complexity index is 601. The molecule has 0 atom stereocenters. The van der Waals surface area contributed by atoms with Crippen molar-refractivity contribution < 1.29 is 4.57 Å². The first-order valence-corrected chi connectivity index (χ1v) is 12.3. The summed E-state index contributed by atoms with van der Waals surface area (Å²) in [4.78, 5) is 0. The highest BCUT2D eigenvalue weighted by atomic mass is 15.2. The van der Waals surface area contributed by atoms with Gasteiger partial charge in [-0.05, 0) is 37.8 Å². The molecular formula is C26H45N2+. The highest BCUT2D eigenvalue weighted by molar-refractivity contribution is 5.72. The highest BCUT2D eigenvalue weighted by Gasteiger charge is 2.20. The molecule has 2 heteroatoms. The van der Waals surface area contributed by atoms with E-state index in [1.165, 1.54) is 120 Å². The van der Waals surface area contributed by atoms with Gasteiger partial charge in [-0.3, -0.25) is 0 Å². The number of hydrogen-bond donors (Lipinski definition) is 0. The summed E-state index contributed by atoms with van der Waals surface area (Å²) in [5.74, 6) is 1.44. The molecule has 0 aliphatic carbocycles. The third kappa shape index (κ3) is 7.26. The van der Waals surface area contributed by atoms with Crippen LogP contribution in [-0.2, 0) is 13.1 Å². The van der Waals surface area contributed by atoms with Gasteiger partial charge in [0.15, 0.2) is 11.0 Å². The van der Waals surface area contributed by atoms with Gasteiger partial charge in [0, 0.05) is 6.92 Å². The Labute approximate surface area is 174 Å². The first-order valence-electron chi connectivity index (χ1n) is 12.3. The minimum Gasteiger partial charge on any atom is -0.227 e. The van der Waals surface area contributed by atoms with Crippen molar-refractivity contribution in [3.63, 3.8) is 0 Å². The van der Waals surface area contributed by atoms with Crippen molar-refractivity contribution in [3.05, 3.63) is 30.1 Å². The molecule has 1 heterocycles. The van der Waals surface area contributed by atoms with E-state index in [9.17, 15) is 0 Å². The van der Waals surface area contributed by atoms with E-state index in [0.717, 1.165) is 0 Å². The van der Waals surface area contributed by atoms with Crippen LogP contribution in [0, 0.1) is 6.92 Å². The van der Waals surface area contributed by atoms with Gasteiger partial charge in [0.1, 0.15) is 0 Å². The molecule has 0 bridgehead atoms. The van der Waals surface area contributed by atoms with E-state index in [2.05, 4.69) is 54.2 Å². The Morgan fingerprint density at radius 1 is 0.679 bits per heavy atom. The number of aromatic nitrogens is 2. The third-order valence-electron chi connectivity index (χ3n) is 6.22. The van der Waals surface area contributed by atoms with Crippen LogP contribution in [0.15, 0.2) is 24.3 Å². The van der Waals surface area contributed by atoms with Crippen LogP contribution in [0.5, 0.6) is 0 Å². The number of rotatable bonds is 16. The summed E-state index contributed by atoms with van der Waals surface area (Å²) in [5, 5.41) is 0. The van der Waals surface area contributed by atoms with Crippen LogP contribution in [0.25, 0.3) is 11.0 Å². The normalized spacial score (nSPS) is 11.5. The number of imidazole rings is 1. The number of unbranched alkanes of at least 4 members (excludes halogenated alkanes) is 12. The van der Waals surface area contributed by atoms with Crippen LogP contribution in [0.4, 0.5) is 0 Å². The molecule has 0 amide bonds. The second-order valence-electron chi connectivity index (χ2n) is 8.58. The van der Waals surface area contributed by atoms with Crippen molar-refractivity contribution in [2.75, 3.05) is 0 Å². The van der Waals surface area contributed by atoms with Crippen molar-refractivity contribution in [2.24, 2.45) is 0 Å². The molecule has 0 N–H and O–H groups in total. The molecule has 2 rings (SSSR count). The molecule has 0 aliphatic heterocycles. The SMILES string of the molecule is CCCCCCCCCn1c(C)[n+](CCCCCCCCC)c2ccccc21. The van der Waals surface area contributed by atoms with E-state index in [0.29, 0.717) is 0 Å². The molecule has 0 spiro atoms. The number of fused-ring (bicyclic) bond motifs is 1. The van der Waals surface area contributed by atoms with Crippen LogP contribution in [-0.4, -0.2) is 4.57 Å². The Hall–Kier alpha value is -1.31. The summed E-state index contributed by atoms with van der Waals surface area (Å²) >= 11 is 0. The smallest absolute Gasteiger partial charge is 0.227 e. The summed E-state index contributed by atoms with van der Waals surface area (Å²) in [6, 6.07) is 9.01. The molecule has 2 aromatic rings. The molecule has 0 fully saturated rings. The van der Waals surface area contributed by atoms with Crippen molar-refractivity contribution in [1.82, 2.24) is 4.57 Å². The maximum Gasteiger partial charge on any atom is 0.254 e. The van der Waals surface area contributed by atoms with Crippen molar-refractivity contribution >= 4 is 11.0 Å². The first kappa shape index (κ1) is 23.0. The molecule has 0 aliphatic rings. The van der Waals surface area contributed by atoms with Crippen LogP contribution in [0.1, 0.15) is 110 Å². The van der Waals surface area contributed by atoms with Crippen LogP contribution < -0.4 is 4.57 Å². The molecule has 28 heavy (non-hydrogen) atoms. The Kier molecular flexibility index (Phi) is 11.3. The van der Waals surface area contributed by atoms with Gasteiger partial charge in [0.2, 0.25) is 0 Å². The molecule has 158 valence electrons. The molecular weight excluding hydrogens is 340 g/mol. The van der Waals surface area contributed by atoms with Crippen LogP contribution in [0.2, 0.25) is 0 Å². The Morgan fingerprint density at radius 3 is 1.86 bits per heavy atom. The summed E-state index contributed by atoms with van der Waals surface area (Å²) in [7, 11) is 0. The fourth-order valence-electron chi connectivity index (χ4n) is 4.43. The summed E-state index contributed by atoms with van der Waals surface area (Å²) < 4.78 is 5.14. The van der Waals surface area contributed by atoms with Gasteiger partial charge in [0.05, 0.1) is 13.1 Å². The predicted molar refractivity (Wildman–Crippen MR) is 123 cm³/mol. The second-order valence-corrected chi connectivity index (χ2v) is 8.58. The van der Waals surface area contributed by atoms with Crippen molar-refractivity contribution in [1.29, 1.82) is 0 Å². The van der Waals surface area contributed by atoms with Crippen LogP contribution >= 0.6 is 0 Å². The molecule has 1 aromatic heterocycles. The number of para-hydroxylation sites is 2. The van der Waals surface area contributed by atoms with E-state index < -0.39 is 0 Å². The van der Waals surface area contributed by atoms with Gasteiger partial charge in [-0.1, -0.05) is 90.2 Å². The van der Waals surface area contributed by atoms with E-state index in [1.807, 2.05) is 0 Å². The van der Waals surface area contributed by atoms with Gasteiger partial charge in [-0.15, -0.1) is 0 Å². The highest BCUT2D eigenvalue weighted by Crippen LogP contribution is 2.17. The number of nitrogens with zero attached hydrogens (tertiary/aromatic N) is 2. The summed E-state index contributed by atoms with van der Waals surface area (Å²) in [6.07, 6.45) is 19.3. The predicted octanol–water partition coefficient (Wildman–Crippen LogP) is 7.74. The van der Waals surface area contributed by atoms with Crippen molar-refractivity contribution in [3.8, 4) is 0 Å². The maximum absolute atomic E-state index is 2.57. The van der Waals surface area contributed by atoms with Gasteiger partial charge in [-0.2, -0.15) is 0 Å². The quantitative estimate of drug-likeness (QED) is 0.206. The summed E-state index contributed by atoms with van der Waals surface area (Å²) in [6.45, 7) is 9.25. The van der Waals surface area contributed by atoms with Crippen LogP contribution in [0.3, 0.4) is 0 Å². The Morgan fingerprint density at radius 2 is 1.21 bits per heavy atom. The zero-order valence-electron chi connectivity index (χ0n) is 19.0. The monoisotopic (exact) mass is 385 g/mol. The van der Waals surface area contributed by atoms with E-state index >= 15 is 0 Å². The molecule has 0 unspecified atom stereocenters. The number of benzene rings is 1. The lowest BCUT2D eigenvalue weighted by Crippen LogP contribution is -2.36. The van der Waals surface area contributed by atoms with Gasteiger partial charge >= 0.3 is 0 Å². The lowest BCUT2D eigenvalue weighted by molar-refractivity contribution is -0.678. The number of hydrogen-bond acceptors (Lipinski definition) is 0. The summed E-state index contributed by atoms with van der Waals surface area (Å²) in [5.41, 5.74) is 2.85.